The number of phenolic OH excluding ortho intramolecular Hbond substituents is 1. The second-order valence-electron chi connectivity index (χ2n) is 6.84. The summed E-state index contributed by atoms with van der Waals surface area (Å²) in [4.78, 5) is 2.63. The Morgan fingerprint density at radius 1 is 1.19 bits per heavy atom. The molecule has 0 aliphatic heterocycles. The quantitative estimate of drug-likeness (QED) is 0.429. The Balaban J connectivity index is 1.73. The third-order valence-electron chi connectivity index (χ3n) is 4.82. The number of aromatic hydroxyl groups is 1. The molecule has 0 radical (unpaired) electrons. The molecule has 5 nitrogen and oxygen atoms in total. The van der Waals surface area contributed by atoms with E-state index in [4.69, 9.17) is 0 Å². The van der Waals surface area contributed by atoms with Gasteiger partial charge < -0.3 is 25.0 Å². The van der Waals surface area contributed by atoms with Crippen molar-refractivity contribution in [2.75, 3.05) is 31.3 Å². The predicted molar refractivity (Wildman–Crippen MR) is 112 cm³/mol. The summed E-state index contributed by atoms with van der Waals surface area (Å²) in [6, 6.07) is 15.5. The number of phenols is 1. The van der Waals surface area contributed by atoms with Crippen LogP contribution in [0.15, 0.2) is 53.4 Å². The lowest BCUT2D eigenvalue weighted by Gasteiger charge is -2.27. The maximum atomic E-state index is 11.6. The van der Waals surface area contributed by atoms with E-state index in [9.17, 15) is 14.8 Å². The van der Waals surface area contributed by atoms with E-state index in [1.807, 2.05) is 18.2 Å². The van der Waals surface area contributed by atoms with Gasteiger partial charge in [0.05, 0.1) is 6.10 Å². The van der Waals surface area contributed by atoms with Crippen molar-refractivity contribution >= 4 is 16.9 Å². The van der Waals surface area contributed by atoms with Crippen molar-refractivity contribution in [2.24, 2.45) is 0 Å². The number of benzene rings is 2. The molecule has 2 aromatic rings. The second kappa shape index (κ2) is 10.6. The van der Waals surface area contributed by atoms with Crippen molar-refractivity contribution in [2.45, 2.75) is 36.8 Å². The van der Waals surface area contributed by atoms with Crippen LogP contribution in [0.5, 0.6) is 5.75 Å². The highest BCUT2D eigenvalue weighted by atomic mass is 32.2. The average Bonchev–Trinajstić information content (AvgIpc) is 2.67. The molecule has 0 aliphatic rings. The SMILES string of the molecule is CC(CCCNCC(O)c1ccc(O)c([S+](C)[O-])c1)N(C)c1ccccc1. The van der Waals surface area contributed by atoms with Gasteiger partial charge in [0.15, 0.2) is 10.6 Å². The summed E-state index contributed by atoms with van der Waals surface area (Å²) >= 11 is -1.29. The summed E-state index contributed by atoms with van der Waals surface area (Å²) in [5.41, 5.74) is 1.87. The second-order valence-corrected chi connectivity index (χ2v) is 8.19. The van der Waals surface area contributed by atoms with Crippen LogP contribution in [0, 0.1) is 0 Å². The minimum atomic E-state index is -1.29. The third-order valence-corrected chi connectivity index (χ3v) is 5.76. The van der Waals surface area contributed by atoms with Crippen molar-refractivity contribution < 1.29 is 14.8 Å². The Labute approximate surface area is 165 Å². The first-order chi connectivity index (χ1) is 12.9. The van der Waals surface area contributed by atoms with Gasteiger partial charge in [0.25, 0.3) is 0 Å². The van der Waals surface area contributed by atoms with Crippen LogP contribution in [0.25, 0.3) is 0 Å². The van der Waals surface area contributed by atoms with Crippen LogP contribution < -0.4 is 10.2 Å². The molecular weight excluding hydrogens is 360 g/mol. The number of hydrogen-bond acceptors (Lipinski definition) is 5. The van der Waals surface area contributed by atoms with Gasteiger partial charge in [-0.25, -0.2) is 0 Å². The molecule has 27 heavy (non-hydrogen) atoms. The Morgan fingerprint density at radius 3 is 2.56 bits per heavy atom. The topological polar surface area (TPSA) is 78.8 Å². The van der Waals surface area contributed by atoms with Gasteiger partial charge in [0.1, 0.15) is 6.26 Å². The molecule has 0 aliphatic carbocycles. The number of nitrogens with zero attached hydrogens (tertiary/aromatic N) is 1. The van der Waals surface area contributed by atoms with Gasteiger partial charge in [-0.1, -0.05) is 24.3 Å². The molecule has 0 fully saturated rings. The van der Waals surface area contributed by atoms with Crippen LogP contribution >= 0.6 is 0 Å². The minimum Gasteiger partial charge on any atom is -0.612 e. The van der Waals surface area contributed by atoms with Crippen LogP contribution in [0.1, 0.15) is 31.4 Å². The van der Waals surface area contributed by atoms with Crippen LogP contribution in [0.3, 0.4) is 0 Å². The summed E-state index contributed by atoms with van der Waals surface area (Å²) < 4.78 is 11.6. The number of anilines is 1. The maximum absolute atomic E-state index is 11.6. The van der Waals surface area contributed by atoms with Crippen molar-refractivity contribution in [1.29, 1.82) is 0 Å². The Kier molecular flexibility index (Phi) is 8.44. The number of rotatable bonds is 10. The Bertz CT molecular complexity index is 697. The van der Waals surface area contributed by atoms with Crippen LogP contribution in [0.4, 0.5) is 5.69 Å². The van der Waals surface area contributed by atoms with Crippen LogP contribution in [-0.4, -0.2) is 47.2 Å². The van der Waals surface area contributed by atoms with E-state index < -0.39 is 17.3 Å². The predicted octanol–water partition coefficient (Wildman–Crippen LogP) is 3.06. The molecular formula is C21H30N2O3S. The first-order valence-electron chi connectivity index (χ1n) is 9.23. The third kappa shape index (κ3) is 6.43. The monoisotopic (exact) mass is 390 g/mol. The van der Waals surface area contributed by atoms with Crippen molar-refractivity contribution in [3.63, 3.8) is 0 Å². The normalized spacial score (nSPS) is 14.6. The number of nitrogens with one attached hydrogen (secondary N) is 1. The van der Waals surface area contributed by atoms with E-state index in [1.54, 1.807) is 12.1 Å². The summed E-state index contributed by atoms with van der Waals surface area (Å²) in [6.07, 6.45) is 2.87. The molecule has 6 heteroatoms. The average molecular weight is 391 g/mol. The molecule has 3 N–H and O–H groups in total. The molecule has 0 saturated heterocycles. The van der Waals surface area contributed by atoms with Gasteiger partial charge in [0, 0.05) is 31.4 Å². The number of aliphatic hydroxyl groups is 1. The summed E-state index contributed by atoms with van der Waals surface area (Å²) in [5, 5.41) is 23.3. The highest BCUT2D eigenvalue weighted by Gasteiger charge is 2.16. The number of aliphatic hydroxyl groups excluding tert-OH is 1. The molecule has 0 heterocycles. The molecule has 0 spiro atoms. The minimum absolute atomic E-state index is 0.00346. The van der Waals surface area contributed by atoms with Crippen molar-refractivity contribution in [3.05, 3.63) is 54.1 Å². The Morgan fingerprint density at radius 2 is 1.89 bits per heavy atom. The highest BCUT2D eigenvalue weighted by molar-refractivity contribution is 7.90. The smallest absolute Gasteiger partial charge is 0.194 e. The van der Waals surface area contributed by atoms with Gasteiger partial charge in [-0.05, 0) is 61.2 Å². The van der Waals surface area contributed by atoms with Gasteiger partial charge in [-0.15, -0.1) is 0 Å². The molecule has 2 aromatic carbocycles. The van der Waals surface area contributed by atoms with Gasteiger partial charge in [0.2, 0.25) is 0 Å². The lowest BCUT2D eigenvalue weighted by Crippen LogP contribution is -2.30. The summed E-state index contributed by atoms with van der Waals surface area (Å²) in [5.74, 6) is -0.00346. The molecule has 3 atom stereocenters. The van der Waals surface area contributed by atoms with Gasteiger partial charge in [-0.3, -0.25) is 0 Å². The molecule has 148 valence electrons. The lowest BCUT2D eigenvalue weighted by molar-refractivity contribution is 0.174. The fourth-order valence-electron chi connectivity index (χ4n) is 2.96. The highest BCUT2D eigenvalue weighted by Crippen LogP contribution is 2.26. The standard InChI is InChI=1S/C21H30N2O3S/c1-16(23(2)18-9-5-4-6-10-18)8-7-13-22-15-20(25)17-11-12-19(24)21(14-17)27(3)26/h4-6,9-12,14,16,20,22,24-25H,7-8,13,15H2,1-3H3. The fraction of sp³-hybridized carbons (Fsp3) is 0.429. The van der Waals surface area contributed by atoms with E-state index >= 15 is 0 Å². The van der Waals surface area contributed by atoms with E-state index in [0.29, 0.717) is 23.0 Å². The first kappa shape index (κ1) is 21.6. The zero-order chi connectivity index (χ0) is 19.8. The Hall–Kier alpha value is -1.73. The van der Waals surface area contributed by atoms with Gasteiger partial charge in [-0.2, -0.15) is 0 Å². The molecule has 0 amide bonds. The lowest BCUT2D eigenvalue weighted by atomic mass is 10.1. The van der Waals surface area contributed by atoms with E-state index in [0.717, 1.165) is 19.4 Å². The zero-order valence-corrected chi connectivity index (χ0v) is 17.1. The summed E-state index contributed by atoms with van der Waals surface area (Å²) in [6.45, 7) is 3.45. The van der Waals surface area contributed by atoms with Crippen LogP contribution in [-0.2, 0) is 11.2 Å². The van der Waals surface area contributed by atoms with E-state index in [2.05, 4.69) is 36.3 Å². The van der Waals surface area contributed by atoms with Gasteiger partial charge >= 0.3 is 0 Å². The van der Waals surface area contributed by atoms with Crippen LogP contribution in [0.2, 0.25) is 0 Å². The summed E-state index contributed by atoms with van der Waals surface area (Å²) in [7, 11) is 2.11. The number of para-hydroxylation sites is 1. The van der Waals surface area contributed by atoms with E-state index in [-0.39, 0.29) is 5.75 Å². The van der Waals surface area contributed by atoms with Crippen molar-refractivity contribution in [1.82, 2.24) is 5.32 Å². The van der Waals surface area contributed by atoms with Crippen molar-refractivity contribution in [3.8, 4) is 5.75 Å². The molecule has 0 aromatic heterocycles. The fourth-order valence-corrected chi connectivity index (χ4v) is 3.62. The molecule has 0 saturated carbocycles. The zero-order valence-electron chi connectivity index (χ0n) is 16.3. The van der Waals surface area contributed by atoms with E-state index in [1.165, 1.54) is 18.0 Å². The molecule has 2 rings (SSSR count). The maximum Gasteiger partial charge on any atom is 0.194 e. The largest absolute Gasteiger partial charge is 0.612 e. The molecule has 0 bridgehead atoms. The number of hydrogen-bond donors (Lipinski definition) is 3. The molecule has 3 unspecified atom stereocenters. The first-order valence-corrected chi connectivity index (χ1v) is 10.8.